The van der Waals surface area contributed by atoms with Crippen molar-refractivity contribution in [1.82, 2.24) is 15.3 Å². The second kappa shape index (κ2) is 7.13. The van der Waals surface area contributed by atoms with E-state index in [-0.39, 0.29) is 17.6 Å². The number of halogens is 1. The Morgan fingerprint density at radius 1 is 1.08 bits per heavy atom. The van der Waals surface area contributed by atoms with Gasteiger partial charge in [-0.15, -0.1) is 0 Å². The third-order valence-corrected chi connectivity index (χ3v) is 4.39. The molecule has 0 aliphatic carbocycles. The number of carbonyl (C=O) groups is 1. The maximum Gasteiger partial charge on any atom is 0.323 e. The number of aromatic nitrogens is 2. The standard InChI is InChI=1S/C18H19ClN4O2/c1-10(13-5-3-4-6-14(13)19)20-11(2)17(24)21-12-7-8-15-16(9-12)23-18(25)22-15/h3-11,20H,1-2H3,(H,21,24)(H2,22,23,25). The SMILES string of the molecule is CC(NC(C)c1ccccc1Cl)C(=O)Nc1ccc2[nH]c(=O)[nH]c2c1. The van der Waals surface area contributed by atoms with E-state index in [2.05, 4.69) is 20.6 Å². The lowest BCUT2D eigenvalue weighted by Gasteiger charge is -2.20. The van der Waals surface area contributed by atoms with Gasteiger partial charge in [0.2, 0.25) is 5.91 Å². The molecule has 0 saturated carbocycles. The maximum absolute atomic E-state index is 12.4. The Balaban J connectivity index is 1.67. The fraction of sp³-hybridized carbons (Fsp3) is 0.222. The van der Waals surface area contributed by atoms with Gasteiger partial charge in [-0.3, -0.25) is 10.1 Å². The van der Waals surface area contributed by atoms with Crippen molar-refractivity contribution in [1.29, 1.82) is 0 Å². The number of H-pyrrole nitrogens is 2. The van der Waals surface area contributed by atoms with Gasteiger partial charge in [0.25, 0.3) is 0 Å². The highest BCUT2D eigenvalue weighted by atomic mass is 35.5. The Bertz CT molecular complexity index is 963. The predicted octanol–water partition coefficient (Wildman–Crippen LogP) is 3.19. The summed E-state index contributed by atoms with van der Waals surface area (Å²) in [5.74, 6) is -0.170. The van der Waals surface area contributed by atoms with Crippen molar-refractivity contribution in [3.05, 3.63) is 63.5 Å². The minimum absolute atomic E-state index is 0.0713. The van der Waals surface area contributed by atoms with Gasteiger partial charge in [-0.25, -0.2) is 4.79 Å². The van der Waals surface area contributed by atoms with Crippen molar-refractivity contribution in [2.24, 2.45) is 0 Å². The average molecular weight is 359 g/mol. The highest BCUT2D eigenvalue weighted by Crippen LogP contribution is 2.22. The molecule has 1 aromatic heterocycles. The number of rotatable bonds is 5. The molecule has 3 rings (SSSR count). The Morgan fingerprint density at radius 2 is 1.80 bits per heavy atom. The van der Waals surface area contributed by atoms with Gasteiger partial charge in [0.05, 0.1) is 17.1 Å². The molecule has 2 aromatic carbocycles. The molecular formula is C18H19ClN4O2. The molecule has 0 fully saturated rings. The molecule has 3 aromatic rings. The zero-order chi connectivity index (χ0) is 18.0. The molecule has 6 nitrogen and oxygen atoms in total. The summed E-state index contributed by atoms with van der Waals surface area (Å²) in [4.78, 5) is 29.0. The van der Waals surface area contributed by atoms with Crippen molar-refractivity contribution in [2.45, 2.75) is 25.9 Å². The van der Waals surface area contributed by atoms with Crippen LogP contribution in [0.25, 0.3) is 11.0 Å². The second-order valence-electron chi connectivity index (χ2n) is 5.96. The summed E-state index contributed by atoms with van der Waals surface area (Å²) in [7, 11) is 0. The smallest absolute Gasteiger partial charge is 0.323 e. The molecule has 0 saturated heterocycles. The van der Waals surface area contributed by atoms with Gasteiger partial charge in [-0.1, -0.05) is 29.8 Å². The lowest BCUT2D eigenvalue weighted by molar-refractivity contribution is -0.117. The van der Waals surface area contributed by atoms with E-state index in [1.54, 1.807) is 25.1 Å². The Kier molecular flexibility index (Phi) is 4.92. The first kappa shape index (κ1) is 17.3. The van der Waals surface area contributed by atoms with Crippen molar-refractivity contribution in [3.8, 4) is 0 Å². The lowest BCUT2D eigenvalue weighted by atomic mass is 10.1. The van der Waals surface area contributed by atoms with Crippen LogP contribution in [-0.2, 0) is 4.79 Å². The fourth-order valence-electron chi connectivity index (χ4n) is 2.73. The first-order valence-corrected chi connectivity index (χ1v) is 8.35. The zero-order valence-electron chi connectivity index (χ0n) is 13.9. The van der Waals surface area contributed by atoms with E-state index in [1.165, 1.54) is 0 Å². The highest BCUT2D eigenvalue weighted by molar-refractivity contribution is 6.31. The normalized spacial score (nSPS) is 13.6. The van der Waals surface area contributed by atoms with E-state index in [4.69, 9.17) is 11.6 Å². The average Bonchev–Trinajstić information content (AvgIpc) is 2.94. The third kappa shape index (κ3) is 3.92. The van der Waals surface area contributed by atoms with Gasteiger partial charge < -0.3 is 15.3 Å². The summed E-state index contributed by atoms with van der Waals surface area (Å²) in [6.07, 6.45) is 0. The molecule has 0 aliphatic heterocycles. The third-order valence-electron chi connectivity index (χ3n) is 4.05. The Hall–Kier alpha value is -2.57. The van der Waals surface area contributed by atoms with E-state index in [0.717, 1.165) is 5.56 Å². The number of benzene rings is 2. The van der Waals surface area contributed by atoms with E-state index in [9.17, 15) is 9.59 Å². The molecule has 0 bridgehead atoms. The van der Waals surface area contributed by atoms with Gasteiger partial charge in [0, 0.05) is 16.8 Å². The summed E-state index contributed by atoms with van der Waals surface area (Å²) in [5.41, 5.74) is 2.62. The van der Waals surface area contributed by atoms with E-state index < -0.39 is 6.04 Å². The topological polar surface area (TPSA) is 89.8 Å². The summed E-state index contributed by atoms with van der Waals surface area (Å²) < 4.78 is 0. The van der Waals surface area contributed by atoms with Crippen LogP contribution in [0.5, 0.6) is 0 Å². The van der Waals surface area contributed by atoms with Crippen LogP contribution in [0.2, 0.25) is 5.02 Å². The number of nitrogens with one attached hydrogen (secondary N) is 4. The summed E-state index contributed by atoms with van der Waals surface area (Å²) in [6, 6.07) is 12.3. The second-order valence-corrected chi connectivity index (χ2v) is 6.37. The van der Waals surface area contributed by atoms with Crippen LogP contribution in [0.15, 0.2) is 47.3 Å². The molecule has 25 heavy (non-hydrogen) atoms. The minimum atomic E-state index is -0.424. The summed E-state index contributed by atoms with van der Waals surface area (Å²) in [5, 5.41) is 6.75. The molecule has 130 valence electrons. The van der Waals surface area contributed by atoms with Crippen LogP contribution in [0.4, 0.5) is 5.69 Å². The van der Waals surface area contributed by atoms with E-state index in [1.807, 2.05) is 31.2 Å². The largest absolute Gasteiger partial charge is 0.325 e. The quantitative estimate of drug-likeness (QED) is 0.564. The maximum atomic E-state index is 12.4. The molecule has 7 heteroatoms. The van der Waals surface area contributed by atoms with Crippen LogP contribution in [0, 0.1) is 0 Å². The Labute approximate surface area is 149 Å². The van der Waals surface area contributed by atoms with E-state index >= 15 is 0 Å². The molecule has 2 unspecified atom stereocenters. The van der Waals surface area contributed by atoms with Gasteiger partial charge in [-0.05, 0) is 43.7 Å². The molecule has 0 radical (unpaired) electrons. The fourth-order valence-corrected chi connectivity index (χ4v) is 3.03. The monoisotopic (exact) mass is 358 g/mol. The number of aromatic amines is 2. The molecule has 1 heterocycles. The van der Waals surface area contributed by atoms with Crippen LogP contribution in [0.3, 0.4) is 0 Å². The van der Waals surface area contributed by atoms with Crippen LogP contribution in [0.1, 0.15) is 25.5 Å². The highest BCUT2D eigenvalue weighted by Gasteiger charge is 2.18. The summed E-state index contributed by atoms with van der Waals surface area (Å²) >= 11 is 6.20. The van der Waals surface area contributed by atoms with Crippen molar-refractivity contribution < 1.29 is 4.79 Å². The van der Waals surface area contributed by atoms with Gasteiger partial charge in [0.1, 0.15) is 0 Å². The van der Waals surface area contributed by atoms with Gasteiger partial charge in [0.15, 0.2) is 0 Å². The molecule has 1 amide bonds. The van der Waals surface area contributed by atoms with Crippen LogP contribution >= 0.6 is 11.6 Å². The molecule has 0 spiro atoms. The van der Waals surface area contributed by atoms with Crippen LogP contribution < -0.4 is 16.3 Å². The minimum Gasteiger partial charge on any atom is -0.325 e. The number of hydrogen-bond acceptors (Lipinski definition) is 3. The van der Waals surface area contributed by atoms with Crippen molar-refractivity contribution in [2.75, 3.05) is 5.32 Å². The molecular weight excluding hydrogens is 340 g/mol. The Morgan fingerprint density at radius 3 is 2.56 bits per heavy atom. The molecule has 2 atom stereocenters. The van der Waals surface area contributed by atoms with Gasteiger partial charge >= 0.3 is 5.69 Å². The first-order chi connectivity index (χ1) is 11.9. The predicted molar refractivity (Wildman–Crippen MR) is 100 cm³/mol. The zero-order valence-corrected chi connectivity index (χ0v) is 14.6. The van der Waals surface area contributed by atoms with E-state index in [0.29, 0.717) is 21.7 Å². The number of fused-ring (bicyclic) bond motifs is 1. The lowest BCUT2D eigenvalue weighted by Crippen LogP contribution is -2.39. The summed E-state index contributed by atoms with van der Waals surface area (Å²) in [6.45, 7) is 3.75. The first-order valence-electron chi connectivity index (χ1n) is 7.97. The van der Waals surface area contributed by atoms with Crippen molar-refractivity contribution in [3.63, 3.8) is 0 Å². The molecule has 0 aliphatic rings. The number of anilines is 1. The number of carbonyl (C=O) groups excluding carboxylic acids is 1. The number of amides is 1. The molecule has 4 N–H and O–H groups in total. The van der Waals surface area contributed by atoms with Gasteiger partial charge in [-0.2, -0.15) is 0 Å². The number of hydrogen-bond donors (Lipinski definition) is 4. The number of imidazole rings is 1. The van der Waals surface area contributed by atoms with Crippen LogP contribution in [-0.4, -0.2) is 21.9 Å². The van der Waals surface area contributed by atoms with Crippen molar-refractivity contribution >= 4 is 34.2 Å².